The predicted octanol–water partition coefficient (Wildman–Crippen LogP) is 3.49. The van der Waals surface area contributed by atoms with Crippen LogP contribution in [0.5, 0.6) is 0 Å². The van der Waals surface area contributed by atoms with Crippen LogP contribution in [-0.2, 0) is 18.4 Å². The van der Waals surface area contributed by atoms with Gasteiger partial charge in [0.25, 0.3) is 5.91 Å². The van der Waals surface area contributed by atoms with Crippen molar-refractivity contribution < 1.29 is 9.53 Å². The van der Waals surface area contributed by atoms with Gasteiger partial charge in [0.1, 0.15) is 0 Å². The quantitative estimate of drug-likeness (QED) is 0.681. The van der Waals surface area contributed by atoms with E-state index in [-0.39, 0.29) is 16.8 Å². The van der Waals surface area contributed by atoms with Crippen LogP contribution in [-0.4, -0.2) is 50.1 Å². The number of thioether (sulfide) groups is 1. The molecule has 2 aliphatic heterocycles. The van der Waals surface area contributed by atoms with E-state index in [9.17, 15) is 4.79 Å². The topological polar surface area (TPSA) is 47.4 Å². The highest BCUT2D eigenvalue weighted by molar-refractivity contribution is 8.01. The molecule has 5 nitrogen and oxygen atoms in total. The van der Waals surface area contributed by atoms with Crippen LogP contribution in [0.25, 0.3) is 10.9 Å². The van der Waals surface area contributed by atoms with Crippen molar-refractivity contribution in [2.24, 2.45) is 7.05 Å². The van der Waals surface area contributed by atoms with Crippen LogP contribution in [0.4, 0.5) is 0 Å². The number of ether oxygens (including phenoxy) is 1. The lowest BCUT2D eigenvalue weighted by Crippen LogP contribution is -2.60. The molecular weight excluding hydrogens is 370 g/mol. The number of hydrogen-bond acceptors (Lipinski definition) is 4. The SMILES string of the molecule is Cn1cc(C(=O)N2CC3(CC(OCc4cccnc4)CS3)C2)c2ccccc21. The number of nitrogens with zero attached hydrogens (tertiary/aromatic N) is 3. The largest absolute Gasteiger partial charge is 0.373 e. The summed E-state index contributed by atoms with van der Waals surface area (Å²) in [5, 5.41) is 1.03. The maximum Gasteiger partial charge on any atom is 0.256 e. The summed E-state index contributed by atoms with van der Waals surface area (Å²) in [7, 11) is 1.99. The Kier molecular flexibility index (Phi) is 4.40. The fourth-order valence-electron chi connectivity index (χ4n) is 4.30. The van der Waals surface area contributed by atoms with Gasteiger partial charge in [-0.25, -0.2) is 0 Å². The first-order valence-corrected chi connectivity index (χ1v) is 10.6. The molecule has 2 aliphatic rings. The van der Waals surface area contributed by atoms with Crippen molar-refractivity contribution in [2.45, 2.75) is 23.9 Å². The van der Waals surface area contributed by atoms with Gasteiger partial charge in [0.15, 0.2) is 0 Å². The number of pyridine rings is 1. The molecule has 2 fully saturated rings. The minimum atomic E-state index is 0.141. The van der Waals surface area contributed by atoms with Crippen LogP contribution < -0.4 is 0 Å². The standard InChI is InChI=1S/C22H23N3O2S/c1-24-11-19(18-6-2-3-7-20(18)24)21(26)25-14-22(15-25)9-17(13-28-22)27-12-16-5-4-8-23-10-16/h2-8,10-11,17H,9,12-15H2,1H3. The van der Waals surface area contributed by atoms with Crippen LogP contribution >= 0.6 is 11.8 Å². The molecule has 0 bridgehead atoms. The van der Waals surface area contributed by atoms with Gasteiger partial charge in [0, 0.05) is 55.4 Å². The summed E-state index contributed by atoms with van der Waals surface area (Å²) >= 11 is 1.96. The van der Waals surface area contributed by atoms with Gasteiger partial charge in [-0.05, 0) is 24.1 Å². The van der Waals surface area contributed by atoms with Gasteiger partial charge in [0.05, 0.1) is 23.0 Å². The third-order valence-corrected chi connectivity index (χ3v) is 7.33. The van der Waals surface area contributed by atoms with Gasteiger partial charge in [-0.15, -0.1) is 11.8 Å². The summed E-state index contributed by atoms with van der Waals surface area (Å²) in [6.45, 7) is 2.23. The number of aryl methyl sites for hydroxylation is 1. The van der Waals surface area contributed by atoms with Crippen molar-refractivity contribution in [3.8, 4) is 0 Å². The molecule has 4 heterocycles. The fraction of sp³-hybridized carbons (Fsp3) is 0.364. The number of rotatable bonds is 4. The molecule has 1 spiro atoms. The number of likely N-dealkylation sites (tertiary alicyclic amines) is 1. The Labute approximate surface area is 168 Å². The van der Waals surface area contributed by atoms with E-state index < -0.39 is 0 Å². The Morgan fingerprint density at radius 3 is 2.96 bits per heavy atom. The summed E-state index contributed by atoms with van der Waals surface area (Å²) in [5.74, 6) is 1.14. The van der Waals surface area contributed by atoms with Crippen LogP contribution in [0.1, 0.15) is 22.3 Å². The molecule has 144 valence electrons. The highest BCUT2D eigenvalue weighted by Crippen LogP contribution is 2.46. The van der Waals surface area contributed by atoms with E-state index in [1.807, 2.05) is 71.0 Å². The highest BCUT2D eigenvalue weighted by Gasteiger charge is 2.51. The molecule has 2 saturated heterocycles. The van der Waals surface area contributed by atoms with E-state index in [1.54, 1.807) is 6.20 Å². The van der Waals surface area contributed by atoms with Crippen molar-refractivity contribution in [3.05, 3.63) is 66.1 Å². The lowest BCUT2D eigenvalue weighted by molar-refractivity contribution is 0.0255. The van der Waals surface area contributed by atoms with Gasteiger partial charge in [0.2, 0.25) is 0 Å². The fourth-order valence-corrected chi connectivity index (χ4v) is 5.85. The molecule has 0 radical (unpaired) electrons. The Balaban J connectivity index is 1.21. The van der Waals surface area contributed by atoms with Gasteiger partial charge in [-0.1, -0.05) is 24.3 Å². The van der Waals surface area contributed by atoms with Crippen LogP contribution in [0.3, 0.4) is 0 Å². The first-order valence-electron chi connectivity index (χ1n) is 9.61. The molecule has 28 heavy (non-hydrogen) atoms. The predicted molar refractivity (Wildman–Crippen MR) is 111 cm³/mol. The zero-order valence-electron chi connectivity index (χ0n) is 15.9. The Morgan fingerprint density at radius 2 is 2.14 bits per heavy atom. The molecule has 0 saturated carbocycles. The smallest absolute Gasteiger partial charge is 0.256 e. The molecular formula is C22H23N3O2S. The zero-order chi connectivity index (χ0) is 19.1. The number of carbonyl (C=O) groups is 1. The Hall–Kier alpha value is -2.31. The molecule has 3 aromatic rings. The summed E-state index contributed by atoms with van der Waals surface area (Å²) in [4.78, 5) is 19.2. The van der Waals surface area contributed by atoms with Crippen molar-refractivity contribution in [3.63, 3.8) is 0 Å². The number of aromatic nitrogens is 2. The molecule has 2 aromatic heterocycles. The Morgan fingerprint density at radius 1 is 1.29 bits per heavy atom. The van der Waals surface area contributed by atoms with E-state index in [1.165, 1.54) is 0 Å². The second kappa shape index (κ2) is 6.94. The van der Waals surface area contributed by atoms with Crippen molar-refractivity contribution in [1.82, 2.24) is 14.5 Å². The molecule has 6 heteroatoms. The molecule has 1 aromatic carbocycles. The second-order valence-corrected chi connectivity index (χ2v) is 9.31. The highest BCUT2D eigenvalue weighted by atomic mass is 32.2. The maximum absolute atomic E-state index is 13.1. The average Bonchev–Trinajstić information content (AvgIpc) is 3.28. The zero-order valence-corrected chi connectivity index (χ0v) is 16.7. The molecule has 0 aliphatic carbocycles. The minimum Gasteiger partial charge on any atom is -0.373 e. The van der Waals surface area contributed by atoms with E-state index in [0.717, 1.165) is 47.3 Å². The number of fused-ring (bicyclic) bond motifs is 1. The third-order valence-electron chi connectivity index (χ3n) is 5.76. The molecule has 1 atom stereocenters. The van der Waals surface area contributed by atoms with Crippen molar-refractivity contribution in [2.75, 3.05) is 18.8 Å². The summed E-state index contributed by atoms with van der Waals surface area (Å²) < 4.78 is 8.29. The van der Waals surface area contributed by atoms with Crippen LogP contribution in [0.15, 0.2) is 55.0 Å². The number of amides is 1. The minimum absolute atomic E-state index is 0.141. The number of benzene rings is 1. The number of carbonyl (C=O) groups excluding carboxylic acids is 1. The van der Waals surface area contributed by atoms with E-state index in [2.05, 4.69) is 11.1 Å². The van der Waals surface area contributed by atoms with Crippen LogP contribution in [0.2, 0.25) is 0 Å². The monoisotopic (exact) mass is 393 g/mol. The van der Waals surface area contributed by atoms with E-state index in [0.29, 0.717) is 6.61 Å². The molecule has 1 amide bonds. The molecule has 5 rings (SSSR count). The lowest BCUT2D eigenvalue weighted by Gasteiger charge is -2.47. The molecule has 0 N–H and O–H groups in total. The third kappa shape index (κ3) is 3.10. The van der Waals surface area contributed by atoms with E-state index >= 15 is 0 Å². The lowest BCUT2D eigenvalue weighted by atomic mass is 9.92. The van der Waals surface area contributed by atoms with Crippen molar-refractivity contribution in [1.29, 1.82) is 0 Å². The van der Waals surface area contributed by atoms with Gasteiger partial charge in [-0.2, -0.15) is 0 Å². The van der Waals surface area contributed by atoms with Gasteiger partial charge >= 0.3 is 0 Å². The average molecular weight is 394 g/mol. The maximum atomic E-state index is 13.1. The van der Waals surface area contributed by atoms with Gasteiger partial charge < -0.3 is 14.2 Å². The number of para-hydroxylation sites is 1. The number of hydrogen-bond donors (Lipinski definition) is 0. The summed E-state index contributed by atoms with van der Waals surface area (Å²) in [6, 6.07) is 12.1. The summed E-state index contributed by atoms with van der Waals surface area (Å²) in [5.41, 5.74) is 3.01. The normalized spacial score (nSPS) is 20.6. The first kappa shape index (κ1) is 17.8. The van der Waals surface area contributed by atoms with E-state index in [4.69, 9.17) is 4.74 Å². The van der Waals surface area contributed by atoms with Crippen molar-refractivity contribution >= 4 is 28.6 Å². The molecule has 1 unspecified atom stereocenters. The van der Waals surface area contributed by atoms with Crippen LogP contribution in [0, 0.1) is 0 Å². The Bertz CT molecular complexity index is 1010. The second-order valence-electron chi connectivity index (χ2n) is 7.82. The first-order chi connectivity index (χ1) is 13.6. The summed E-state index contributed by atoms with van der Waals surface area (Å²) in [6.07, 6.45) is 6.85. The van der Waals surface area contributed by atoms with Gasteiger partial charge in [-0.3, -0.25) is 9.78 Å².